The van der Waals surface area contributed by atoms with Crippen molar-refractivity contribution in [3.8, 4) is 5.75 Å². The predicted molar refractivity (Wildman–Crippen MR) is 71.4 cm³/mol. The molecule has 87 valence electrons. The highest BCUT2D eigenvalue weighted by Gasteiger charge is 1.99. The fraction of sp³-hybridized carbons (Fsp3) is 0.0625. The van der Waals surface area contributed by atoms with Crippen LogP contribution in [-0.2, 0) is 6.61 Å². The molecule has 18 heavy (non-hydrogen) atoms. The fourth-order valence-corrected chi connectivity index (χ4v) is 1.80. The van der Waals surface area contributed by atoms with Gasteiger partial charge in [-0.2, -0.15) is 0 Å². The van der Waals surface area contributed by atoms with E-state index in [1.165, 1.54) is 0 Å². The van der Waals surface area contributed by atoms with Gasteiger partial charge in [-0.15, -0.1) is 0 Å². The van der Waals surface area contributed by atoms with E-state index in [0.717, 1.165) is 22.2 Å². The summed E-state index contributed by atoms with van der Waals surface area (Å²) in [4.78, 5) is 4.26. The first kappa shape index (κ1) is 10.8. The topological polar surface area (TPSA) is 22.1 Å². The van der Waals surface area contributed by atoms with Crippen LogP contribution in [0.2, 0.25) is 0 Å². The molecule has 1 radical (unpaired) electrons. The van der Waals surface area contributed by atoms with Crippen LogP contribution < -0.4 is 4.74 Å². The molecule has 0 atom stereocenters. The summed E-state index contributed by atoms with van der Waals surface area (Å²) in [5.41, 5.74) is 1.98. The number of aromatic nitrogens is 1. The number of ether oxygens (including phenoxy) is 1. The molecule has 0 aliphatic heterocycles. The lowest BCUT2D eigenvalue weighted by Crippen LogP contribution is -1.95. The van der Waals surface area contributed by atoms with Crippen LogP contribution in [0.1, 0.15) is 5.56 Å². The molecule has 1 aromatic heterocycles. The molecule has 0 saturated carbocycles. The quantitative estimate of drug-likeness (QED) is 0.690. The van der Waals surface area contributed by atoms with Crippen molar-refractivity contribution in [3.05, 3.63) is 72.4 Å². The molecular weight excluding hydrogens is 222 g/mol. The van der Waals surface area contributed by atoms with Crippen LogP contribution in [0.3, 0.4) is 0 Å². The highest BCUT2D eigenvalue weighted by atomic mass is 16.5. The highest BCUT2D eigenvalue weighted by molar-refractivity contribution is 5.78. The Labute approximate surface area is 106 Å². The van der Waals surface area contributed by atoms with E-state index >= 15 is 0 Å². The molecule has 0 saturated heterocycles. The molecule has 2 aromatic carbocycles. The molecule has 3 rings (SSSR count). The summed E-state index contributed by atoms with van der Waals surface area (Å²) in [6.07, 6.45) is 1.76. The second-order valence-electron chi connectivity index (χ2n) is 4.04. The van der Waals surface area contributed by atoms with Crippen molar-refractivity contribution in [2.75, 3.05) is 0 Å². The van der Waals surface area contributed by atoms with E-state index in [-0.39, 0.29) is 0 Å². The van der Waals surface area contributed by atoms with Gasteiger partial charge >= 0.3 is 0 Å². The van der Waals surface area contributed by atoms with Crippen molar-refractivity contribution >= 4 is 10.9 Å². The zero-order valence-corrected chi connectivity index (χ0v) is 9.84. The number of nitrogens with zero attached hydrogens (tertiary/aromatic N) is 1. The summed E-state index contributed by atoms with van der Waals surface area (Å²) in [5, 5.41) is 1.07. The van der Waals surface area contributed by atoms with Crippen molar-refractivity contribution < 1.29 is 4.74 Å². The molecule has 3 aromatic rings. The van der Waals surface area contributed by atoms with Crippen LogP contribution in [0, 0.1) is 6.07 Å². The van der Waals surface area contributed by atoms with Crippen LogP contribution in [-0.4, -0.2) is 4.98 Å². The smallest absolute Gasteiger partial charge is 0.130 e. The lowest BCUT2D eigenvalue weighted by molar-refractivity contribution is 0.306. The summed E-state index contributed by atoms with van der Waals surface area (Å²) in [7, 11) is 0. The molecule has 0 spiro atoms. The van der Waals surface area contributed by atoms with E-state index in [2.05, 4.69) is 11.1 Å². The summed E-state index contributed by atoms with van der Waals surface area (Å²) in [5.74, 6) is 0.727. The highest BCUT2D eigenvalue weighted by Crippen LogP contribution is 2.18. The summed E-state index contributed by atoms with van der Waals surface area (Å²) < 4.78 is 5.70. The summed E-state index contributed by atoms with van der Waals surface area (Å²) >= 11 is 0. The van der Waals surface area contributed by atoms with Gasteiger partial charge in [-0.3, -0.25) is 4.98 Å². The van der Waals surface area contributed by atoms with Gasteiger partial charge in [0.25, 0.3) is 0 Å². The second-order valence-corrected chi connectivity index (χ2v) is 4.04. The lowest BCUT2D eigenvalue weighted by Gasteiger charge is -2.06. The van der Waals surface area contributed by atoms with Crippen molar-refractivity contribution in [1.82, 2.24) is 4.98 Å². The average molecular weight is 234 g/mol. The Hall–Kier alpha value is -2.35. The summed E-state index contributed by atoms with van der Waals surface area (Å²) in [6.45, 7) is 0.551. The van der Waals surface area contributed by atoms with Gasteiger partial charge in [0, 0.05) is 11.6 Å². The third-order valence-corrected chi connectivity index (χ3v) is 2.73. The van der Waals surface area contributed by atoms with Crippen LogP contribution in [0.25, 0.3) is 10.9 Å². The monoisotopic (exact) mass is 234 g/mol. The standard InChI is InChI=1S/C16H12NO/c1-2-5-13(6-3-1)12-18-15-9-8-14-7-4-10-17-16(14)11-15/h1-10H,12H2. The first-order chi connectivity index (χ1) is 8.92. The van der Waals surface area contributed by atoms with Gasteiger partial charge in [0.1, 0.15) is 12.4 Å². The Morgan fingerprint density at radius 2 is 1.83 bits per heavy atom. The van der Waals surface area contributed by atoms with E-state index in [0.29, 0.717) is 6.61 Å². The van der Waals surface area contributed by atoms with Gasteiger partial charge < -0.3 is 4.74 Å². The minimum atomic E-state index is 0.551. The Bertz CT molecular complexity index is 649. The van der Waals surface area contributed by atoms with Gasteiger partial charge in [0.05, 0.1) is 11.6 Å². The van der Waals surface area contributed by atoms with E-state index in [9.17, 15) is 0 Å². The lowest BCUT2D eigenvalue weighted by atomic mass is 10.2. The van der Waals surface area contributed by atoms with E-state index in [1.54, 1.807) is 6.20 Å². The molecular formula is C16H12NO. The molecule has 2 heteroatoms. The molecule has 0 amide bonds. The maximum atomic E-state index is 5.70. The predicted octanol–water partition coefficient (Wildman–Crippen LogP) is 3.61. The second kappa shape index (κ2) is 4.88. The van der Waals surface area contributed by atoms with Gasteiger partial charge in [0.15, 0.2) is 0 Å². The number of hydrogen-bond acceptors (Lipinski definition) is 2. The van der Waals surface area contributed by atoms with Gasteiger partial charge in [-0.1, -0.05) is 36.4 Å². The fourth-order valence-electron chi connectivity index (χ4n) is 1.80. The molecule has 0 unspecified atom stereocenters. The van der Waals surface area contributed by atoms with E-state index in [1.807, 2.05) is 54.6 Å². The number of benzene rings is 2. The maximum absolute atomic E-state index is 5.70. The van der Waals surface area contributed by atoms with E-state index in [4.69, 9.17) is 4.74 Å². The largest absolute Gasteiger partial charge is 0.488 e. The minimum Gasteiger partial charge on any atom is -0.488 e. The van der Waals surface area contributed by atoms with Gasteiger partial charge in [-0.05, 0) is 23.8 Å². The van der Waals surface area contributed by atoms with Gasteiger partial charge in [-0.25, -0.2) is 0 Å². The third kappa shape index (κ3) is 2.33. The Morgan fingerprint density at radius 1 is 0.944 bits per heavy atom. The number of fused-ring (bicyclic) bond motifs is 1. The maximum Gasteiger partial charge on any atom is 0.130 e. The van der Waals surface area contributed by atoms with Crippen molar-refractivity contribution in [2.45, 2.75) is 6.61 Å². The average Bonchev–Trinajstić information content (AvgIpc) is 2.46. The Balaban J connectivity index is 1.79. The SMILES string of the molecule is [c]1c(OCc2ccccc2)ccc2cccnc12. The van der Waals surface area contributed by atoms with Crippen molar-refractivity contribution in [1.29, 1.82) is 0 Å². The first-order valence-electron chi connectivity index (χ1n) is 5.85. The minimum absolute atomic E-state index is 0.551. The zero-order chi connectivity index (χ0) is 12.2. The molecule has 0 aliphatic carbocycles. The molecule has 0 N–H and O–H groups in total. The third-order valence-electron chi connectivity index (χ3n) is 2.73. The van der Waals surface area contributed by atoms with Crippen LogP contribution in [0.4, 0.5) is 0 Å². The molecule has 0 aliphatic rings. The normalized spacial score (nSPS) is 10.4. The molecule has 1 heterocycles. The van der Waals surface area contributed by atoms with Crippen molar-refractivity contribution in [3.63, 3.8) is 0 Å². The van der Waals surface area contributed by atoms with Crippen LogP contribution in [0.15, 0.2) is 60.8 Å². The van der Waals surface area contributed by atoms with Gasteiger partial charge in [0.2, 0.25) is 0 Å². The van der Waals surface area contributed by atoms with Crippen LogP contribution >= 0.6 is 0 Å². The first-order valence-corrected chi connectivity index (χ1v) is 5.85. The molecule has 2 nitrogen and oxygen atoms in total. The van der Waals surface area contributed by atoms with Crippen molar-refractivity contribution in [2.24, 2.45) is 0 Å². The molecule has 0 fully saturated rings. The number of rotatable bonds is 3. The Kier molecular flexibility index (Phi) is 2.92. The number of hydrogen-bond donors (Lipinski definition) is 0. The Morgan fingerprint density at radius 3 is 2.72 bits per heavy atom. The summed E-state index contributed by atoms with van der Waals surface area (Å²) in [6, 6.07) is 21.1. The van der Waals surface area contributed by atoms with Crippen LogP contribution in [0.5, 0.6) is 5.75 Å². The van der Waals surface area contributed by atoms with E-state index < -0.39 is 0 Å². The molecule has 0 bridgehead atoms. The number of pyridine rings is 1. The zero-order valence-electron chi connectivity index (χ0n) is 9.84.